The van der Waals surface area contributed by atoms with Gasteiger partial charge in [0.15, 0.2) is 0 Å². The highest BCUT2D eigenvalue weighted by Crippen LogP contribution is 2.26. The average Bonchev–Trinajstić information content (AvgIpc) is 2.79. The van der Waals surface area contributed by atoms with Crippen LogP contribution in [0.3, 0.4) is 0 Å². The van der Waals surface area contributed by atoms with Gasteiger partial charge in [0.25, 0.3) is 5.91 Å². The lowest BCUT2D eigenvalue weighted by Gasteiger charge is -2.20. The summed E-state index contributed by atoms with van der Waals surface area (Å²) >= 11 is 0. The Morgan fingerprint density at radius 2 is 1.73 bits per heavy atom. The van der Waals surface area contributed by atoms with Crippen LogP contribution < -0.4 is 21.3 Å². The molecule has 3 amide bonds. The molecule has 170 valence electrons. The summed E-state index contributed by atoms with van der Waals surface area (Å²) in [6, 6.07) is 17.2. The van der Waals surface area contributed by atoms with E-state index in [1.54, 1.807) is 37.3 Å². The van der Waals surface area contributed by atoms with Crippen LogP contribution in [0.4, 0.5) is 27.7 Å². The zero-order valence-electron chi connectivity index (χ0n) is 18.1. The summed E-state index contributed by atoms with van der Waals surface area (Å²) < 4.78 is 0. The smallest absolute Gasteiger partial charge is 0.320 e. The lowest BCUT2D eigenvalue weighted by atomic mass is 10.1. The highest BCUT2D eigenvalue weighted by atomic mass is 16.4. The third-order valence-electron chi connectivity index (χ3n) is 4.89. The van der Waals surface area contributed by atoms with E-state index >= 15 is 0 Å². The lowest BCUT2D eigenvalue weighted by molar-refractivity contribution is -0.136. The van der Waals surface area contributed by atoms with Crippen molar-refractivity contribution in [3.63, 3.8) is 0 Å². The number of aliphatic carboxylic acids is 1. The molecule has 9 heteroatoms. The van der Waals surface area contributed by atoms with Crippen molar-refractivity contribution >= 4 is 40.8 Å². The summed E-state index contributed by atoms with van der Waals surface area (Å²) in [5.41, 5.74) is 8.36. The van der Waals surface area contributed by atoms with Crippen LogP contribution in [0.15, 0.2) is 66.9 Å². The average molecular weight is 447 g/mol. The van der Waals surface area contributed by atoms with Crippen molar-refractivity contribution in [1.82, 2.24) is 4.98 Å². The monoisotopic (exact) mass is 447 g/mol. The number of para-hydroxylation sites is 1. The number of aryl methyl sites for hydroxylation is 1. The Labute approximate surface area is 191 Å². The molecular weight excluding hydrogens is 422 g/mol. The molecule has 1 heterocycles. The fourth-order valence-electron chi connectivity index (χ4n) is 3.19. The number of carbonyl (C=O) groups excluding carboxylic acids is 2. The molecule has 0 unspecified atom stereocenters. The van der Waals surface area contributed by atoms with Crippen LogP contribution in [0.2, 0.25) is 0 Å². The van der Waals surface area contributed by atoms with Gasteiger partial charge >= 0.3 is 12.0 Å². The summed E-state index contributed by atoms with van der Waals surface area (Å²) in [6.07, 6.45) is 1.84. The van der Waals surface area contributed by atoms with Gasteiger partial charge in [0.05, 0.1) is 11.3 Å². The van der Waals surface area contributed by atoms with Crippen LogP contribution in [-0.4, -0.2) is 34.5 Å². The van der Waals surface area contributed by atoms with Crippen LogP contribution in [-0.2, 0) is 11.2 Å². The van der Waals surface area contributed by atoms with Crippen molar-refractivity contribution in [2.75, 3.05) is 22.1 Å². The van der Waals surface area contributed by atoms with Gasteiger partial charge in [-0.2, -0.15) is 0 Å². The van der Waals surface area contributed by atoms with Crippen LogP contribution >= 0.6 is 0 Å². The zero-order chi connectivity index (χ0) is 23.8. The standard InChI is InChI=1S/C24H25N5O4/c1-2-29(24(25)33)21-14-20(27-17-6-4-3-5-7-17)19(15-26-21)23(32)28-18-11-8-16(9-12-18)10-13-22(30)31/h3-9,11-12,14-15H,2,10,13H2,1H3,(H2,25,33)(H,26,27)(H,28,32)(H,30,31). The van der Waals surface area contributed by atoms with Crippen LogP contribution in [0.5, 0.6) is 0 Å². The number of amides is 3. The number of anilines is 4. The first kappa shape index (κ1) is 23.3. The minimum atomic E-state index is -0.861. The molecule has 0 radical (unpaired) electrons. The minimum absolute atomic E-state index is 0.0400. The maximum absolute atomic E-state index is 13.0. The molecule has 0 aliphatic heterocycles. The highest BCUT2D eigenvalue weighted by Gasteiger charge is 2.18. The summed E-state index contributed by atoms with van der Waals surface area (Å²) in [7, 11) is 0. The van der Waals surface area contributed by atoms with Gasteiger partial charge in [-0.25, -0.2) is 9.78 Å². The van der Waals surface area contributed by atoms with Crippen molar-refractivity contribution < 1.29 is 19.5 Å². The molecule has 0 saturated carbocycles. The third kappa shape index (κ3) is 6.30. The molecule has 0 atom stereocenters. The van der Waals surface area contributed by atoms with E-state index in [1.807, 2.05) is 30.3 Å². The molecule has 0 bridgehead atoms. The summed E-state index contributed by atoms with van der Waals surface area (Å²) in [4.78, 5) is 41.1. The topological polar surface area (TPSA) is 138 Å². The Morgan fingerprint density at radius 3 is 2.33 bits per heavy atom. The number of nitrogens with two attached hydrogens (primary N) is 1. The number of hydrogen-bond donors (Lipinski definition) is 4. The third-order valence-corrected chi connectivity index (χ3v) is 4.89. The number of primary amides is 1. The van der Waals surface area contributed by atoms with Crippen molar-refractivity contribution in [2.24, 2.45) is 5.73 Å². The molecule has 0 spiro atoms. The number of nitrogens with one attached hydrogen (secondary N) is 2. The number of aromatic nitrogens is 1. The maximum Gasteiger partial charge on any atom is 0.320 e. The SMILES string of the molecule is CCN(C(N)=O)c1cc(Nc2ccccc2)c(C(=O)Nc2ccc(CCC(=O)O)cc2)cn1. The molecule has 3 rings (SSSR count). The Balaban J connectivity index is 1.86. The molecule has 0 aliphatic carbocycles. The molecule has 33 heavy (non-hydrogen) atoms. The fourth-order valence-corrected chi connectivity index (χ4v) is 3.19. The number of rotatable bonds is 9. The van der Waals surface area contributed by atoms with Crippen molar-refractivity contribution in [3.8, 4) is 0 Å². The highest BCUT2D eigenvalue weighted by molar-refractivity contribution is 6.08. The Hall–Kier alpha value is -4.40. The van der Waals surface area contributed by atoms with Gasteiger partial charge in [-0.15, -0.1) is 0 Å². The Kier molecular flexibility index (Phi) is 7.59. The summed E-state index contributed by atoms with van der Waals surface area (Å²) in [6.45, 7) is 2.10. The van der Waals surface area contributed by atoms with Crippen LogP contribution in [0, 0.1) is 0 Å². The van der Waals surface area contributed by atoms with Gasteiger partial charge < -0.3 is 21.5 Å². The molecule has 3 aromatic rings. The number of pyridine rings is 1. The minimum Gasteiger partial charge on any atom is -0.481 e. The quantitative estimate of drug-likeness (QED) is 0.391. The molecule has 1 aromatic heterocycles. The van der Waals surface area contributed by atoms with Crippen molar-refractivity contribution in [1.29, 1.82) is 0 Å². The second-order valence-electron chi connectivity index (χ2n) is 7.21. The summed E-state index contributed by atoms with van der Waals surface area (Å²) in [5, 5.41) is 14.8. The van der Waals surface area contributed by atoms with Gasteiger partial charge in [-0.05, 0) is 43.2 Å². The van der Waals surface area contributed by atoms with Crippen molar-refractivity contribution in [2.45, 2.75) is 19.8 Å². The molecule has 5 N–H and O–H groups in total. The van der Waals surface area contributed by atoms with E-state index in [2.05, 4.69) is 15.6 Å². The van der Waals surface area contributed by atoms with Gasteiger partial charge in [-0.1, -0.05) is 30.3 Å². The summed E-state index contributed by atoms with van der Waals surface area (Å²) in [5.74, 6) is -0.935. The molecule has 0 fully saturated rings. The molecular formula is C24H25N5O4. The number of carbonyl (C=O) groups is 3. The van der Waals surface area contributed by atoms with Crippen LogP contribution in [0.25, 0.3) is 0 Å². The molecule has 9 nitrogen and oxygen atoms in total. The van der Waals surface area contributed by atoms with E-state index < -0.39 is 17.9 Å². The number of urea groups is 1. The van der Waals surface area contributed by atoms with Gasteiger partial charge in [-0.3, -0.25) is 14.5 Å². The molecule has 0 aliphatic rings. The molecule has 0 saturated heterocycles. The number of carboxylic acid groups (broad SMARTS) is 1. The van der Waals surface area contributed by atoms with Crippen LogP contribution in [0.1, 0.15) is 29.3 Å². The molecule has 2 aromatic carbocycles. The normalized spacial score (nSPS) is 10.3. The predicted octanol–water partition coefficient (Wildman–Crippen LogP) is 4.00. The fraction of sp³-hybridized carbons (Fsp3) is 0.167. The Bertz CT molecular complexity index is 1130. The van der Waals surface area contributed by atoms with E-state index in [0.29, 0.717) is 30.2 Å². The van der Waals surface area contributed by atoms with Gasteiger partial charge in [0, 0.05) is 36.6 Å². The van der Waals surface area contributed by atoms with E-state index in [9.17, 15) is 14.4 Å². The predicted molar refractivity (Wildman–Crippen MR) is 127 cm³/mol. The van der Waals surface area contributed by atoms with Crippen molar-refractivity contribution in [3.05, 3.63) is 78.0 Å². The van der Waals surface area contributed by atoms with E-state index in [0.717, 1.165) is 11.3 Å². The van der Waals surface area contributed by atoms with Gasteiger partial charge in [0.1, 0.15) is 5.82 Å². The number of nitrogens with zero attached hydrogens (tertiary/aromatic N) is 2. The lowest BCUT2D eigenvalue weighted by Crippen LogP contribution is -2.36. The van der Waals surface area contributed by atoms with E-state index in [-0.39, 0.29) is 12.0 Å². The second kappa shape index (κ2) is 10.8. The largest absolute Gasteiger partial charge is 0.481 e. The number of benzene rings is 2. The first-order valence-electron chi connectivity index (χ1n) is 10.4. The van der Waals surface area contributed by atoms with E-state index in [4.69, 9.17) is 10.8 Å². The van der Waals surface area contributed by atoms with E-state index in [1.165, 1.54) is 11.1 Å². The first-order chi connectivity index (χ1) is 15.9. The Morgan fingerprint density at radius 1 is 1.03 bits per heavy atom. The number of hydrogen-bond acceptors (Lipinski definition) is 5. The second-order valence-corrected chi connectivity index (χ2v) is 7.21. The van der Waals surface area contributed by atoms with Gasteiger partial charge in [0.2, 0.25) is 0 Å². The zero-order valence-corrected chi connectivity index (χ0v) is 18.1. The maximum atomic E-state index is 13.0. The number of carboxylic acids is 1. The first-order valence-corrected chi connectivity index (χ1v) is 10.4.